The normalized spacial score (nSPS) is 10.8. The van der Waals surface area contributed by atoms with Crippen molar-refractivity contribution in [3.63, 3.8) is 0 Å². The molecule has 0 aliphatic heterocycles. The van der Waals surface area contributed by atoms with Crippen molar-refractivity contribution in [3.05, 3.63) is 90.0 Å². The summed E-state index contributed by atoms with van der Waals surface area (Å²) in [7, 11) is 0. The van der Waals surface area contributed by atoms with Crippen LogP contribution >= 0.6 is 0 Å². The lowest BCUT2D eigenvalue weighted by Gasteiger charge is -2.03. The van der Waals surface area contributed by atoms with E-state index in [2.05, 4.69) is 6.33 Å². The van der Waals surface area contributed by atoms with Gasteiger partial charge in [-0.15, -0.1) is 0 Å². The number of nitrogens with zero attached hydrogens (tertiary/aromatic N) is 2. The predicted molar refractivity (Wildman–Crippen MR) is 74.5 cm³/mol. The molecule has 2 nitrogen and oxygen atoms in total. The number of hydrogen-bond donors (Lipinski definition) is 0. The van der Waals surface area contributed by atoms with Gasteiger partial charge in [0, 0.05) is 0 Å². The number of benzene rings is 2. The van der Waals surface area contributed by atoms with Crippen LogP contribution in [-0.4, -0.2) is 4.57 Å². The Morgan fingerprint density at radius 3 is 2.05 bits per heavy atom. The largest absolute Gasteiger partial charge is 0.347 e. The van der Waals surface area contributed by atoms with Gasteiger partial charge in [-0.25, -0.2) is 8.78 Å². The zero-order valence-electron chi connectivity index (χ0n) is 11.3. The fraction of sp³-hybridized carbons (Fsp3) is 0.118. The van der Waals surface area contributed by atoms with E-state index in [1.807, 2.05) is 21.5 Å². The number of aromatic nitrogens is 2. The lowest BCUT2D eigenvalue weighted by Crippen LogP contribution is -2.32. The Morgan fingerprint density at radius 1 is 0.857 bits per heavy atom. The average Bonchev–Trinajstić information content (AvgIpc) is 2.91. The lowest BCUT2D eigenvalue weighted by atomic mass is 10.2. The topological polar surface area (TPSA) is 8.81 Å². The zero-order valence-corrected chi connectivity index (χ0v) is 11.3. The van der Waals surface area contributed by atoms with Crippen LogP contribution in [0.4, 0.5) is 8.78 Å². The Balaban J connectivity index is 1.68. The van der Waals surface area contributed by atoms with E-state index < -0.39 is 0 Å². The molecule has 0 spiro atoms. The summed E-state index contributed by atoms with van der Waals surface area (Å²) in [5, 5.41) is 0. The molecule has 106 valence electrons. The number of imidazole rings is 1. The Hall–Kier alpha value is -2.49. The Labute approximate surface area is 121 Å². The minimum absolute atomic E-state index is 0.235. The molecule has 0 radical (unpaired) electrons. The van der Waals surface area contributed by atoms with Gasteiger partial charge in [0.25, 0.3) is 0 Å². The molecule has 0 amide bonds. The molecular weight excluding hydrogens is 270 g/mol. The molecule has 3 aromatic rings. The van der Waals surface area contributed by atoms with Gasteiger partial charge in [0.15, 0.2) is 0 Å². The van der Waals surface area contributed by atoms with Crippen molar-refractivity contribution in [2.24, 2.45) is 0 Å². The smallest absolute Gasteiger partial charge is 0.204 e. The van der Waals surface area contributed by atoms with Gasteiger partial charge >= 0.3 is 0 Å². The molecule has 4 heteroatoms. The van der Waals surface area contributed by atoms with E-state index >= 15 is 0 Å². The Morgan fingerprint density at radius 2 is 1.43 bits per heavy atom. The Kier molecular flexibility index (Phi) is 3.77. The minimum Gasteiger partial charge on any atom is -0.347 e. The van der Waals surface area contributed by atoms with Gasteiger partial charge in [0.1, 0.15) is 11.6 Å². The first kappa shape index (κ1) is 13.5. The zero-order chi connectivity index (χ0) is 14.7. The molecule has 3 rings (SSSR count). The minimum atomic E-state index is -0.235. The van der Waals surface area contributed by atoms with Crippen LogP contribution in [0.2, 0.25) is 0 Å². The van der Waals surface area contributed by atoms with Crippen LogP contribution < -0.4 is 4.57 Å². The third kappa shape index (κ3) is 3.54. The molecule has 0 N–H and O–H groups in total. The first-order valence-electron chi connectivity index (χ1n) is 6.66. The average molecular weight is 284 g/mol. The van der Waals surface area contributed by atoms with E-state index in [4.69, 9.17) is 0 Å². The van der Waals surface area contributed by atoms with Crippen molar-refractivity contribution in [1.82, 2.24) is 4.57 Å². The van der Waals surface area contributed by atoms with Gasteiger partial charge in [0.05, 0.1) is 13.1 Å². The van der Waals surface area contributed by atoms with Gasteiger partial charge in [-0.05, 0) is 47.8 Å². The SMILES string of the molecule is Fc1ccc(Cn2[c-][n+](Cc3ccc(F)cc3)cc2)cc1. The van der Waals surface area contributed by atoms with Crippen LogP contribution in [0.15, 0.2) is 60.9 Å². The lowest BCUT2D eigenvalue weighted by molar-refractivity contribution is -0.692. The van der Waals surface area contributed by atoms with E-state index in [9.17, 15) is 8.78 Å². The predicted octanol–water partition coefficient (Wildman–Crippen LogP) is 2.95. The first-order chi connectivity index (χ1) is 10.2. The number of halogens is 2. The summed E-state index contributed by atoms with van der Waals surface area (Å²) in [5.41, 5.74) is 2.02. The van der Waals surface area contributed by atoms with Crippen LogP contribution in [-0.2, 0) is 13.1 Å². The summed E-state index contributed by atoms with van der Waals surface area (Å²) >= 11 is 0. The van der Waals surface area contributed by atoms with E-state index in [0.717, 1.165) is 11.1 Å². The van der Waals surface area contributed by atoms with Crippen molar-refractivity contribution in [3.8, 4) is 0 Å². The standard InChI is InChI=1S/C17H14F2N2/c18-16-5-1-14(2-6-16)11-20-9-10-21(13-20)12-15-3-7-17(19)8-4-15/h1-10H,11-12H2. The molecule has 0 unspecified atom stereocenters. The molecule has 0 aliphatic rings. The number of hydrogen-bond acceptors (Lipinski definition) is 0. The monoisotopic (exact) mass is 284 g/mol. The van der Waals surface area contributed by atoms with E-state index in [-0.39, 0.29) is 11.6 Å². The molecule has 0 fully saturated rings. The summed E-state index contributed by atoms with van der Waals surface area (Å²) in [5.74, 6) is -0.469. The summed E-state index contributed by atoms with van der Waals surface area (Å²) in [6.07, 6.45) is 7.00. The molecule has 21 heavy (non-hydrogen) atoms. The van der Waals surface area contributed by atoms with Gasteiger partial charge < -0.3 is 9.13 Å². The van der Waals surface area contributed by atoms with Crippen LogP contribution in [0.25, 0.3) is 0 Å². The maximum Gasteiger partial charge on any atom is 0.204 e. The fourth-order valence-corrected chi connectivity index (χ4v) is 2.14. The third-order valence-electron chi connectivity index (χ3n) is 3.22. The molecule has 1 heterocycles. The highest BCUT2D eigenvalue weighted by atomic mass is 19.1. The second-order valence-electron chi connectivity index (χ2n) is 4.91. The third-order valence-corrected chi connectivity index (χ3v) is 3.22. The van der Waals surface area contributed by atoms with Crippen LogP contribution in [0, 0.1) is 18.0 Å². The Bertz CT molecular complexity index is 653. The molecule has 0 atom stereocenters. The molecule has 2 aromatic carbocycles. The molecule has 0 bridgehead atoms. The van der Waals surface area contributed by atoms with Crippen molar-refractivity contribution in [2.45, 2.75) is 13.1 Å². The molecule has 0 saturated heterocycles. The van der Waals surface area contributed by atoms with Gasteiger partial charge in [-0.1, -0.05) is 24.3 Å². The molecule has 0 saturated carbocycles. The quantitative estimate of drug-likeness (QED) is 0.514. The van der Waals surface area contributed by atoms with Crippen molar-refractivity contribution in [2.75, 3.05) is 0 Å². The maximum atomic E-state index is 12.9. The maximum absolute atomic E-state index is 12.9. The van der Waals surface area contributed by atoms with E-state index in [1.54, 1.807) is 24.3 Å². The van der Waals surface area contributed by atoms with Crippen LogP contribution in [0.3, 0.4) is 0 Å². The van der Waals surface area contributed by atoms with Crippen LogP contribution in [0.5, 0.6) is 0 Å². The van der Waals surface area contributed by atoms with Gasteiger partial charge in [0.2, 0.25) is 6.33 Å². The molecular formula is C17H14F2N2. The number of rotatable bonds is 4. The van der Waals surface area contributed by atoms with Crippen molar-refractivity contribution < 1.29 is 13.3 Å². The highest BCUT2D eigenvalue weighted by Crippen LogP contribution is 2.05. The highest BCUT2D eigenvalue weighted by Gasteiger charge is 2.01. The van der Waals surface area contributed by atoms with E-state index in [1.165, 1.54) is 24.3 Å². The van der Waals surface area contributed by atoms with Crippen molar-refractivity contribution >= 4 is 0 Å². The fourth-order valence-electron chi connectivity index (χ4n) is 2.14. The van der Waals surface area contributed by atoms with Crippen LogP contribution in [0.1, 0.15) is 11.1 Å². The van der Waals surface area contributed by atoms with Crippen molar-refractivity contribution in [1.29, 1.82) is 0 Å². The summed E-state index contributed by atoms with van der Waals surface area (Å²) in [4.78, 5) is 0. The van der Waals surface area contributed by atoms with Gasteiger partial charge in [-0.3, -0.25) is 0 Å². The highest BCUT2D eigenvalue weighted by molar-refractivity contribution is 5.16. The summed E-state index contributed by atoms with van der Waals surface area (Å²) < 4.78 is 29.5. The summed E-state index contributed by atoms with van der Waals surface area (Å²) in [6, 6.07) is 12.8. The second kappa shape index (κ2) is 5.87. The second-order valence-corrected chi connectivity index (χ2v) is 4.91. The van der Waals surface area contributed by atoms with E-state index in [0.29, 0.717) is 13.1 Å². The molecule has 0 aliphatic carbocycles. The first-order valence-corrected chi connectivity index (χ1v) is 6.66. The summed E-state index contributed by atoms with van der Waals surface area (Å²) in [6.45, 7) is 1.27. The van der Waals surface area contributed by atoms with Gasteiger partial charge in [-0.2, -0.15) is 0 Å². The molecule has 1 aromatic heterocycles.